The van der Waals surface area contributed by atoms with Gasteiger partial charge in [-0.15, -0.1) is 0 Å². The van der Waals surface area contributed by atoms with Crippen LogP contribution < -0.4 is 5.32 Å². The van der Waals surface area contributed by atoms with Crippen molar-refractivity contribution in [1.82, 2.24) is 0 Å². The van der Waals surface area contributed by atoms with E-state index in [4.69, 9.17) is 0 Å². The molecule has 1 aromatic carbocycles. The van der Waals surface area contributed by atoms with Gasteiger partial charge in [0.15, 0.2) is 0 Å². The van der Waals surface area contributed by atoms with Crippen molar-refractivity contribution in [3.63, 3.8) is 0 Å². The number of rotatable bonds is 3. The summed E-state index contributed by atoms with van der Waals surface area (Å²) in [5.41, 5.74) is 2.56. The second kappa shape index (κ2) is 4.60. The molecular formula is C11H15N. The van der Waals surface area contributed by atoms with Crippen LogP contribution in [0.15, 0.2) is 36.4 Å². The van der Waals surface area contributed by atoms with E-state index in [1.165, 1.54) is 11.3 Å². The normalized spacial score (nSPS) is 10.5. The summed E-state index contributed by atoms with van der Waals surface area (Å²) in [6.45, 7) is 2.04. The highest BCUT2D eigenvalue weighted by atomic mass is 14.8. The molecule has 0 aliphatic heterocycles. The summed E-state index contributed by atoms with van der Waals surface area (Å²) < 4.78 is 0. The maximum atomic E-state index is 3.17. The average molecular weight is 161 g/mol. The summed E-state index contributed by atoms with van der Waals surface area (Å²) in [4.78, 5) is 0. The zero-order valence-corrected chi connectivity index (χ0v) is 7.67. The van der Waals surface area contributed by atoms with Crippen molar-refractivity contribution in [2.24, 2.45) is 0 Å². The Morgan fingerprint density at radius 3 is 2.75 bits per heavy atom. The molecule has 0 atom stereocenters. The number of allylic oxidation sites excluding steroid dienone is 2. The van der Waals surface area contributed by atoms with Crippen LogP contribution in [0.4, 0.5) is 5.69 Å². The van der Waals surface area contributed by atoms with Gasteiger partial charge in [-0.25, -0.2) is 0 Å². The van der Waals surface area contributed by atoms with Gasteiger partial charge in [0, 0.05) is 12.7 Å². The Balaban J connectivity index is 2.81. The zero-order chi connectivity index (χ0) is 8.81. The first kappa shape index (κ1) is 8.85. The van der Waals surface area contributed by atoms with Crippen molar-refractivity contribution in [3.8, 4) is 0 Å². The fraction of sp³-hybridized carbons (Fsp3) is 0.273. The third-order valence-corrected chi connectivity index (χ3v) is 1.86. The molecular weight excluding hydrogens is 146 g/mol. The first-order valence-corrected chi connectivity index (χ1v) is 4.25. The zero-order valence-electron chi connectivity index (χ0n) is 7.67. The Labute approximate surface area is 74.1 Å². The number of hydrogen-bond donors (Lipinski definition) is 1. The van der Waals surface area contributed by atoms with E-state index in [1.807, 2.05) is 20.0 Å². The summed E-state index contributed by atoms with van der Waals surface area (Å²) in [5.74, 6) is 0. The molecule has 0 spiro atoms. The monoisotopic (exact) mass is 161 g/mol. The van der Waals surface area contributed by atoms with Gasteiger partial charge in [-0.05, 0) is 25.0 Å². The van der Waals surface area contributed by atoms with Gasteiger partial charge in [0.05, 0.1) is 0 Å². The third-order valence-electron chi connectivity index (χ3n) is 1.86. The van der Waals surface area contributed by atoms with Crippen LogP contribution in [0.25, 0.3) is 0 Å². The van der Waals surface area contributed by atoms with Crippen molar-refractivity contribution >= 4 is 5.69 Å². The van der Waals surface area contributed by atoms with E-state index in [1.54, 1.807) is 0 Å². The Kier molecular flexibility index (Phi) is 3.39. The quantitative estimate of drug-likeness (QED) is 0.672. The van der Waals surface area contributed by atoms with Crippen molar-refractivity contribution in [3.05, 3.63) is 42.0 Å². The molecule has 0 radical (unpaired) electrons. The molecule has 0 aliphatic rings. The first-order chi connectivity index (χ1) is 5.88. The Morgan fingerprint density at radius 2 is 2.08 bits per heavy atom. The lowest BCUT2D eigenvalue weighted by Crippen LogP contribution is -1.93. The Morgan fingerprint density at radius 1 is 1.33 bits per heavy atom. The van der Waals surface area contributed by atoms with E-state index in [9.17, 15) is 0 Å². The summed E-state index contributed by atoms with van der Waals surface area (Å²) in [7, 11) is 1.95. The number of para-hydroxylation sites is 1. The van der Waals surface area contributed by atoms with Crippen molar-refractivity contribution in [2.45, 2.75) is 13.3 Å². The lowest BCUT2D eigenvalue weighted by molar-refractivity contribution is 1.25. The molecule has 0 unspecified atom stereocenters. The molecule has 1 N–H and O–H groups in total. The Hall–Kier alpha value is -1.24. The molecule has 0 saturated carbocycles. The number of anilines is 1. The van der Waals surface area contributed by atoms with E-state index < -0.39 is 0 Å². The van der Waals surface area contributed by atoms with E-state index in [0.29, 0.717) is 0 Å². The summed E-state index contributed by atoms with van der Waals surface area (Å²) >= 11 is 0. The van der Waals surface area contributed by atoms with Gasteiger partial charge in [-0.1, -0.05) is 30.4 Å². The van der Waals surface area contributed by atoms with Gasteiger partial charge < -0.3 is 5.32 Å². The molecule has 0 amide bonds. The molecule has 1 nitrogen and oxygen atoms in total. The van der Waals surface area contributed by atoms with Gasteiger partial charge in [-0.3, -0.25) is 0 Å². The maximum Gasteiger partial charge on any atom is 0.0373 e. The van der Waals surface area contributed by atoms with Gasteiger partial charge in [-0.2, -0.15) is 0 Å². The fourth-order valence-corrected chi connectivity index (χ4v) is 1.19. The van der Waals surface area contributed by atoms with Gasteiger partial charge in [0.2, 0.25) is 0 Å². The van der Waals surface area contributed by atoms with Gasteiger partial charge >= 0.3 is 0 Å². The minimum absolute atomic E-state index is 1.01. The van der Waals surface area contributed by atoms with Crippen LogP contribution in [-0.4, -0.2) is 7.05 Å². The highest BCUT2D eigenvalue weighted by molar-refractivity contribution is 5.51. The highest BCUT2D eigenvalue weighted by Gasteiger charge is 1.95. The van der Waals surface area contributed by atoms with Gasteiger partial charge in [0.25, 0.3) is 0 Å². The maximum absolute atomic E-state index is 3.17. The lowest BCUT2D eigenvalue weighted by Gasteiger charge is -2.05. The van der Waals surface area contributed by atoms with E-state index >= 15 is 0 Å². The topological polar surface area (TPSA) is 12.0 Å². The van der Waals surface area contributed by atoms with Crippen molar-refractivity contribution in [1.29, 1.82) is 0 Å². The van der Waals surface area contributed by atoms with Crippen LogP contribution in [0.2, 0.25) is 0 Å². The van der Waals surface area contributed by atoms with Crippen LogP contribution in [0.3, 0.4) is 0 Å². The van der Waals surface area contributed by atoms with E-state index in [2.05, 4.69) is 35.7 Å². The molecule has 1 aromatic rings. The standard InChI is InChI=1S/C11H15N/c1-3-4-7-10-8-5-6-9-11(10)12-2/h3-6,8-9,12H,7H2,1-2H3. The molecule has 0 heterocycles. The predicted octanol–water partition coefficient (Wildman–Crippen LogP) is 2.85. The summed E-state index contributed by atoms with van der Waals surface area (Å²) in [5, 5.41) is 3.17. The molecule has 12 heavy (non-hydrogen) atoms. The number of hydrogen-bond acceptors (Lipinski definition) is 1. The minimum Gasteiger partial charge on any atom is -0.388 e. The molecule has 0 aliphatic carbocycles. The molecule has 0 aromatic heterocycles. The molecule has 0 bridgehead atoms. The average Bonchev–Trinajstić information content (AvgIpc) is 2.15. The van der Waals surface area contributed by atoms with Crippen LogP contribution in [0.1, 0.15) is 12.5 Å². The van der Waals surface area contributed by atoms with Crippen LogP contribution in [0, 0.1) is 0 Å². The Bertz CT molecular complexity index is 263. The van der Waals surface area contributed by atoms with E-state index in [-0.39, 0.29) is 0 Å². The van der Waals surface area contributed by atoms with Crippen LogP contribution in [0.5, 0.6) is 0 Å². The summed E-state index contributed by atoms with van der Waals surface area (Å²) in [6, 6.07) is 8.36. The fourth-order valence-electron chi connectivity index (χ4n) is 1.19. The second-order valence-electron chi connectivity index (χ2n) is 2.68. The van der Waals surface area contributed by atoms with Crippen LogP contribution >= 0.6 is 0 Å². The molecule has 1 rings (SSSR count). The molecule has 1 heteroatoms. The molecule has 0 fully saturated rings. The number of nitrogens with one attached hydrogen (secondary N) is 1. The number of benzene rings is 1. The smallest absolute Gasteiger partial charge is 0.0373 e. The highest BCUT2D eigenvalue weighted by Crippen LogP contribution is 2.14. The minimum atomic E-state index is 1.01. The van der Waals surface area contributed by atoms with E-state index in [0.717, 1.165) is 6.42 Å². The lowest BCUT2D eigenvalue weighted by atomic mass is 10.1. The van der Waals surface area contributed by atoms with Gasteiger partial charge in [0.1, 0.15) is 0 Å². The largest absolute Gasteiger partial charge is 0.388 e. The van der Waals surface area contributed by atoms with Crippen LogP contribution in [-0.2, 0) is 6.42 Å². The van der Waals surface area contributed by atoms with Crippen molar-refractivity contribution in [2.75, 3.05) is 12.4 Å². The molecule has 0 saturated heterocycles. The SMILES string of the molecule is CC=CCc1ccccc1NC. The summed E-state index contributed by atoms with van der Waals surface area (Å²) in [6.07, 6.45) is 5.25. The van der Waals surface area contributed by atoms with Crippen molar-refractivity contribution < 1.29 is 0 Å². The third kappa shape index (κ3) is 2.12. The first-order valence-electron chi connectivity index (χ1n) is 4.25. The predicted molar refractivity (Wildman–Crippen MR) is 54.5 cm³/mol. The molecule has 64 valence electrons. The second-order valence-corrected chi connectivity index (χ2v) is 2.68.